The van der Waals surface area contributed by atoms with E-state index in [2.05, 4.69) is 43.2 Å². The van der Waals surface area contributed by atoms with Crippen LogP contribution < -0.4 is 10.1 Å². The maximum Gasteiger partial charge on any atom is 0.118 e. The van der Waals surface area contributed by atoms with Crippen molar-refractivity contribution in [3.63, 3.8) is 0 Å². The summed E-state index contributed by atoms with van der Waals surface area (Å²) in [6.07, 6.45) is 2.71. The van der Waals surface area contributed by atoms with Gasteiger partial charge >= 0.3 is 0 Å². The summed E-state index contributed by atoms with van der Waals surface area (Å²) in [6, 6.07) is 9.75. The summed E-state index contributed by atoms with van der Waals surface area (Å²) in [4.78, 5) is 2.46. The first kappa shape index (κ1) is 15.3. The van der Waals surface area contributed by atoms with Gasteiger partial charge in [-0.1, -0.05) is 26.0 Å². The van der Waals surface area contributed by atoms with Crippen molar-refractivity contribution in [1.82, 2.24) is 10.2 Å². The minimum atomic E-state index is 0.581. The van der Waals surface area contributed by atoms with Crippen molar-refractivity contribution < 1.29 is 4.74 Å². The predicted octanol–water partition coefficient (Wildman–Crippen LogP) is 2.90. The fourth-order valence-electron chi connectivity index (χ4n) is 2.61. The third kappa shape index (κ3) is 4.50. The molecule has 0 radical (unpaired) electrons. The van der Waals surface area contributed by atoms with Crippen LogP contribution in [0.25, 0.3) is 0 Å². The van der Waals surface area contributed by atoms with Crippen molar-refractivity contribution in [2.24, 2.45) is 5.92 Å². The number of nitrogens with one attached hydrogen (secondary N) is 1. The molecule has 1 fully saturated rings. The number of hydrogen-bond acceptors (Lipinski definition) is 3. The van der Waals surface area contributed by atoms with E-state index < -0.39 is 0 Å². The minimum absolute atomic E-state index is 0.581. The van der Waals surface area contributed by atoms with Crippen LogP contribution in [0.3, 0.4) is 0 Å². The number of hydrogen-bond donors (Lipinski definition) is 1. The molecular weight excluding hydrogens is 248 g/mol. The lowest BCUT2D eigenvalue weighted by atomic mass is 10.0. The molecule has 1 saturated carbocycles. The molecule has 0 aliphatic heterocycles. The summed E-state index contributed by atoms with van der Waals surface area (Å²) in [5.41, 5.74) is 1.34. The standard InChI is InChI=1S/C17H28N2O/c1-13(2)17(11-18-15-7-8-15)19(3)12-14-5-9-16(20-4)10-6-14/h5-6,9-10,13,15,17-18H,7-8,11-12H2,1-4H3. The first-order valence-corrected chi connectivity index (χ1v) is 7.66. The van der Waals surface area contributed by atoms with Gasteiger partial charge < -0.3 is 10.1 Å². The van der Waals surface area contributed by atoms with Crippen molar-refractivity contribution >= 4 is 0 Å². The zero-order valence-corrected chi connectivity index (χ0v) is 13.2. The van der Waals surface area contributed by atoms with Crippen LogP contribution >= 0.6 is 0 Å². The highest BCUT2D eigenvalue weighted by Gasteiger charge is 2.24. The monoisotopic (exact) mass is 276 g/mol. The molecule has 3 heteroatoms. The lowest BCUT2D eigenvalue weighted by molar-refractivity contribution is 0.179. The smallest absolute Gasteiger partial charge is 0.118 e. The molecule has 0 aromatic heterocycles. The van der Waals surface area contributed by atoms with Crippen LogP contribution in [0.15, 0.2) is 24.3 Å². The van der Waals surface area contributed by atoms with Gasteiger partial charge in [0.2, 0.25) is 0 Å². The Morgan fingerprint density at radius 1 is 1.25 bits per heavy atom. The van der Waals surface area contributed by atoms with E-state index in [4.69, 9.17) is 4.74 Å². The number of rotatable bonds is 8. The molecule has 20 heavy (non-hydrogen) atoms. The van der Waals surface area contributed by atoms with E-state index in [1.807, 2.05) is 12.1 Å². The van der Waals surface area contributed by atoms with Gasteiger partial charge in [-0.05, 0) is 43.5 Å². The summed E-state index contributed by atoms with van der Waals surface area (Å²) in [5.74, 6) is 1.58. The second-order valence-corrected chi connectivity index (χ2v) is 6.26. The van der Waals surface area contributed by atoms with Crippen LogP contribution in [-0.4, -0.2) is 37.7 Å². The molecule has 0 heterocycles. The normalized spacial score (nSPS) is 16.7. The Morgan fingerprint density at radius 2 is 1.90 bits per heavy atom. The van der Waals surface area contributed by atoms with Crippen LogP contribution in [0, 0.1) is 5.92 Å². The van der Waals surface area contributed by atoms with Gasteiger partial charge in [0.25, 0.3) is 0 Å². The molecule has 1 aromatic carbocycles. The Hall–Kier alpha value is -1.06. The molecule has 1 unspecified atom stereocenters. The van der Waals surface area contributed by atoms with Crippen LogP contribution in [0.4, 0.5) is 0 Å². The Labute approximate surface area is 123 Å². The van der Waals surface area contributed by atoms with E-state index in [9.17, 15) is 0 Å². The number of nitrogens with zero attached hydrogens (tertiary/aromatic N) is 1. The topological polar surface area (TPSA) is 24.5 Å². The Bertz CT molecular complexity index is 398. The zero-order chi connectivity index (χ0) is 14.5. The number of ether oxygens (including phenoxy) is 1. The van der Waals surface area contributed by atoms with Crippen LogP contribution in [0.5, 0.6) is 5.75 Å². The zero-order valence-electron chi connectivity index (χ0n) is 13.2. The van der Waals surface area contributed by atoms with Crippen molar-refractivity contribution in [2.75, 3.05) is 20.7 Å². The average Bonchev–Trinajstić information content (AvgIpc) is 3.23. The van der Waals surface area contributed by atoms with Gasteiger partial charge in [0.05, 0.1) is 7.11 Å². The molecule has 1 N–H and O–H groups in total. The highest BCUT2D eigenvalue weighted by molar-refractivity contribution is 5.27. The van der Waals surface area contributed by atoms with Gasteiger partial charge in [0.1, 0.15) is 5.75 Å². The van der Waals surface area contributed by atoms with Crippen LogP contribution in [-0.2, 0) is 6.54 Å². The molecule has 1 aliphatic rings. The van der Waals surface area contributed by atoms with Crippen LogP contribution in [0.2, 0.25) is 0 Å². The first-order chi connectivity index (χ1) is 9.60. The number of likely N-dealkylation sites (N-methyl/N-ethyl adjacent to an activating group) is 1. The quantitative estimate of drug-likeness (QED) is 0.790. The summed E-state index contributed by atoms with van der Waals surface area (Å²) in [5, 5.41) is 3.66. The highest BCUT2D eigenvalue weighted by Crippen LogP contribution is 2.20. The van der Waals surface area contributed by atoms with Gasteiger partial charge in [-0.3, -0.25) is 4.90 Å². The first-order valence-electron chi connectivity index (χ1n) is 7.66. The van der Waals surface area contributed by atoms with Gasteiger partial charge in [-0.25, -0.2) is 0 Å². The maximum absolute atomic E-state index is 5.21. The van der Waals surface area contributed by atoms with Gasteiger partial charge in [0.15, 0.2) is 0 Å². The second-order valence-electron chi connectivity index (χ2n) is 6.26. The molecule has 0 saturated heterocycles. The Morgan fingerprint density at radius 3 is 2.40 bits per heavy atom. The largest absolute Gasteiger partial charge is 0.497 e. The Balaban J connectivity index is 1.89. The number of methoxy groups -OCH3 is 1. The van der Waals surface area contributed by atoms with Crippen molar-refractivity contribution in [3.05, 3.63) is 29.8 Å². The van der Waals surface area contributed by atoms with E-state index in [0.717, 1.165) is 24.9 Å². The molecule has 0 spiro atoms. The molecular formula is C17H28N2O. The molecule has 3 nitrogen and oxygen atoms in total. The molecule has 1 aliphatic carbocycles. The Kier molecular flexibility index (Phi) is 5.44. The molecule has 1 atom stereocenters. The SMILES string of the molecule is COc1ccc(CN(C)C(CNC2CC2)C(C)C)cc1. The van der Waals surface area contributed by atoms with Crippen molar-refractivity contribution in [3.8, 4) is 5.75 Å². The maximum atomic E-state index is 5.21. The molecule has 2 rings (SSSR count). The lowest BCUT2D eigenvalue weighted by Gasteiger charge is -2.31. The highest BCUT2D eigenvalue weighted by atomic mass is 16.5. The van der Waals surface area contributed by atoms with E-state index >= 15 is 0 Å². The van der Waals surface area contributed by atoms with Gasteiger partial charge in [-0.15, -0.1) is 0 Å². The average molecular weight is 276 g/mol. The number of benzene rings is 1. The molecule has 0 amide bonds. The van der Waals surface area contributed by atoms with Crippen LogP contribution in [0.1, 0.15) is 32.3 Å². The summed E-state index contributed by atoms with van der Waals surface area (Å²) < 4.78 is 5.21. The lowest BCUT2D eigenvalue weighted by Crippen LogP contribution is -2.43. The fourth-order valence-corrected chi connectivity index (χ4v) is 2.61. The van der Waals surface area contributed by atoms with E-state index in [-0.39, 0.29) is 0 Å². The van der Waals surface area contributed by atoms with Crippen molar-refractivity contribution in [2.45, 2.75) is 45.3 Å². The summed E-state index contributed by atoms with van der Waals surface area (Å²) in [7, 11) is 3.93. The van der Waals surface area contributed by atoms with E-state index in [1.165, 1.54) is 18.4 Å². The predicted molar refractivity (Wildman–Crippen MR) is 84.1 cm³/mol. The second kappa shape index (κ2) is 7.09. The van der Waals surface area contributed by atoms with E-state index in [1.54, 1.807) is 7.11 Å². The van der Waals surface area contributed by atoms with Gasteiger partial charge in [0, 0.05) is 25.2 Å². The fraction of sp³-hybridized carbons (Fsp3) is 0.647. The van der Waals surface area contributed by atoms with Gasteiger partial charge in [-0.2, -0.15) is 0 Å². The summed E-state index contributed by atoms with van der Waals surface area (Å²) >= 11 is 0. The molecule has 112 valence electrons. The molecule has 0 bridgehead atoms. The summed E-state index contributed by atoms with van der Waals surface area (Å²) in [6.45, 7) is 6.70. The minimum Gasteiger partial charge on any atom is -0.497 e. The van der Waals surface area contributed by atoms with Crippen molar-refractivity contribution in [1.29, 1.82) is 0 Å². The van der Waals surface area contributed by atoms with E-state index in [0.29, 0.717) is 12.0 Å². The third-order valence-corrected chi connectivity index (χ3v) is 4.12. The third-order valence-electron chi connectivity index (χ3n) is 4.12. The molecule has 1 aromatic rings.